The Kier molecular flexibility index (Phi) is 5.99. The van der Waals surface area contributed by atoms with Crippen molar-refractivity contribution < 1.29 is 31.4 Å². The Balaban J connectivity index is 2.30. The van der Waals surface area contributed by atoms with Crippen LogP contribution < -0.4 is 4.74 Å². The molecule has 8 heteroatoms. The second kappa shape index (κ2) is 7.04. The molecule has 0 radical (unpaired) electrons. The maximum Gasteiger partial charge on any atom is 0.411 e. The van der Waals surface area contributed by atoms with Gasteiger partial charge in [0.05, 0.1) is 13.2 Å². The van der Waals surface area contributed by atoms with Crippen LogP contribution in [-0.4, -0.2) is 26.0 Å². The van der Waals surface area contributed by atoms with Gasteiger partial charge in [-0.3, -0.25) is 0 Å². The molecule has 0 aliphatic heterocycles. The van der Waals surface area contributed by atoms with Gasteiger partial charge in [-0.1, -0.05) is 15.9 Å². The van der Waals surface area contributed by atoms with Crippen molar-refractivity contribution in [3.05, 3.63) is 28.2 Å². The third-order valence-electron chi connectivity index (χ3n) is 1.92. The van der Waals surface area contributed by atoms with Gasteiger partial charge in [0, 0.05) is 10.9 Å². The van der Waals surface area contributed by atoms with E-state index < -0.39 is 24.4 Å². The number of hydrogen-bond donors (Lipinski definition) is 0. The monoisotopic (exact) mass is 348 g/mol. The van der Waals surface area contributed by atoms with E-state index in [1.165, 1.54) is 6.07 Å². The lowest BCUT2D eigenvalue weighted by Crippen LogP contribution is -2.18. The molecule has 0 heterocycles. The highest BCUT2D eigenvalue weighted by atomic mass is 79.9. The Morgan fingerprint density at radius 3 is 2.42 bits per heavy atom. The number of alkyl halides is 3. The van der Waals surface area contributed by atoms with Crippen LogP contribution in [0.3, 0.4) is 0 Å². The van der Waals surface area contributed by atoms with E-state index in [0.717, 1.165) is 6.07 Å². The highest BCUT2D eigenvalue weighted by Crippen LogP contribution is 2.25. The fourth-order valence-electron chi connectivity index (χ4n) is 1.17. The van der Waals surface area contributed by atoms with Crippen LogP contribution in [0.4, 0.5) is 22.0 Å². The highest BCUT2D eigenvalue weighted by Gasteiger charge is 2.27. The maximum atomic E-state index is 13.2. The Morgan fingerprint density at radius 1 is 1.11 bits per heavy atom. The molecule has 0 aromatic heterocycles. The van der Waals surface area contributed by atoms with Crippen molar-refractivity contribution in [2.45, 2.75) is 12.6 Å². The predicted octanol–water partition coefficient (Wildman–Crippen LogP) is 4.08. The van der Waals surface area contributed by atoms with Crippen molar-refractivity contribution >= 4 is 15.9 Å². The minimum atomic E-state index is -4.37. The molecule has 0 aliphatic carbocycles. The molecular weight excluding hydrogens is 339 g/mol. The number of ether oxygens (including phenoxy) is 2. The van der Waals surface area contributed by atoms with Gasteiger partial charge in [-0.2, -0.15) is 17.6 Å². The van der Waals surface area contributed by atoms with Crippen molar-refractivity contribution in [1.82, 2.24) is 0 Å². The molecule has 0 bridgehead atoms. The Hall–Kier alpha value is -0.890. The number of halogens is 6. The van der Waals surface area contributed by atoms with Gasteiger partial charge >= 0.3 is 6.18 Å². The summed E-state index contributed by atoms with van der Waals surface area (Å²) >= 11 is 2.97. The second-order valence-corrected chi connectivity index (χ2v) is 4.49. The molecule has 0 unspecified atom stereocenters. The van der Waals surface area contributed by atoms with E-state index in [9.17, 15) is 22.0 Å². The zero-order chi connectivity index (χ0) is 14.5. The van der Waals surface area contributed by atoms with Gasteiger partial charge in [0.15, 0.2) is 11.6 Å². The van der Waals surface area contributed by atoms with Crippen LogP contribution >= 0.6 is 15.9 Å². The van der Waals surface area contributed by atoms with Crippen LogP contribution in [-0.2, 0) is 4.74 Å². The second-order valence-electron chi connectivity index (χ2n) is 3.57. The zero-order valence-corrected chi connectivity index (χ0v) is 11.2. The average molecular weight is 349 g/mol. The quantitative estimate of drug-likeness (QED) is 0.438. The van der Waals surface area contributed by atoms with E-state index in [1.807, 2.05) is 0 Å². The summed E-state index contributed by atoms with van der Waals surface area (Å²) in [6.45, 7) is -1.60. The van der Waals surface area contributed by atoms with Crippen LogP contribution in [0.25, 0.3) is 0 Å². The first-order valence-electron chi connectivity index (χ1n) is 5.21. The summed E-state index contributed by atoms with van der Waals surface area (Å²) in [5.74, 6) is -2.51. The molecule has 2 nitrogen and oxygen atoms in total. The van der Waals surface area contributed by atoms with Gasteiger partial charge in [0.1, 0.15) is 6.61 Å². The van der Waals surface area contributed by atoms with Gasteiger partial charge in [0.25, 0.3) is 0 Å². The zero-order valence-electron chi connectivity index (χ0n) is 9.57. The smallest absolute Gasteiger partial charge is 0.411 e. The SMILES string of the molecule is Fc1cc(Br)cc(OCCCOCC(F)(F)F)c1F. The summed E-state index contributed by atoms with van der Waals surface area (Å²) < 4.78 is 70.9. The Morgan fingerprint density at radius 2 is 1.79 bits per heavy atom. The third-order valence-corrected chi connectivity index (χ3v) is 2.37. The Labute approximate surface area is 114 Å². The number of benzene rings is 1. The molecule has 0 N–H and O–H groups in total. The lowest BCUT2D eigenvalue weighted by atomic mass is 10.3. The molecule has 0 fully saturated rings. The van der Waals surface area contributed by atoms with E-state index in [-0.39, 0.29) is 25.4 Å². The molecule has 108 valence electrons. The third kappa shape index (κ3) is 6.20. The molecular formula is C11H10BrF5O2. The van der Waals surface area contributed by atoms with Crippen LogP contribution in [0.15, 0.2) is 16.6 Å². The van der Waals surface area contributed by atoms with E-state index in [0.29, 0.717) is 4.47 Å². The van der Waals surface area contributed by atoms with E-state index in [1.54, 1.807) is 0 Å². The summed E-state index contributed by atoms with van der Waals surface area (Å²) in [4.78, 5) is 0. The number of rotatable bonds is 6. The Bertz CT molecular complexity index is 422. The summed E-state index contributed by atoms with van der Waals surface area (Å²) in [7, 11) is 0. The molecule has 0 saturated carbocycles. The highest BCUT2D eigenvalue weighted by molar-refractivity contribution is 9.10. The van der Waals surface area contributed by atoms with Crippen molar-refractivity contribution in [3.8, 4) is 5.75 Å². The molecule has 1 aromatic carbocycles. The molecule has 19 heavy (non-hydrogen) atoms. The summed E-state index contributed by atoms with van der Waals surface area (Å²) in [5.41, 5.74) is 0. The lowest BCUT2D eigenvalue weighted by molar-refractivity contribution is -0.174. The van der Waals surface area contributed by atoms with Gasteiger partial charge in [-0.25, -0.2) is 4.39 Å². The minimum Gasteiger partial charge on any atom is -0.490 e. The first-order valence-corrected chi connectivity index (χ1v) is 6.01. The van der Waals surface area contributed by atoms with Crippen molar-refractivity contribution in [1.29, 1.82) is 0 Å². The summed E-state index contributed by atoms with van der Waals surface area (Å²) in [6.07, 6.45) is -4.25. The van der Waals surface area contributed by atoms with Gasteiger partial charge in [-0.05, 0) is 12.1 Å². The fraction of sp³-hybridized carbons (Fsp3) is 0.455. The molecule has 0 atom stereocenters. The normalized spacial score (nSPS) is 11.7. The van der Waals surface area contributed by atoms with Gasteiger partial charge in [0.2, 0.25) is 5.82 Å². The van der Waals surface area contributed by atoms with Crippen molar-refractivity contribution in [2.75, 3.05) is 19.8 Å². The standard InChI is InChI=1S/C11H10BrF5O2/c12-7-4-8(13)10(14)9(5-7)19-3-1-2-18-6-11(15,16)17/h4-5H,1-3,6H2. The van der Waals surface area contributed by atoms with E-state index >= 15 is 0 Å². The van der Waals surface area contributed by atoms with Crippen molar-refractivity contribution in [3.63, 3.8) is 0 Å². The minimum absolute atomic E-state index is 0.0787. The lowest BCUT2D eigenvalue weighted by Gasteiger charge is -2.09. The fourth-order valence-corrected chi connectivity index (χ4v) is 1.58. The average Bonchev–Trinajstić information content (AvgIpc) is 2.28. The van der Waals surface area contributed by atoms with Crippen LogP contribution in [0.5, 0.6) is 5.75 Å². The van der Waals surface area contributed by atoms with Crippen molar-refractivity contribution in [2.24, 2.45) is 0 Å². The van der Waals surface area contributed by atoms with Crippen LogP contribution in [0.1, 0.15) is 6.42 Å². The van der Waals surface area contributed by atoms with E-state index in [2.05, 4.69) is 20.7 Å². The molecule has 0 spiro atoms. The number of hydrogen-bond acceptors (Lipinski definition) is 2. The van der Waals surface area contributed by atoms with Gasteiger partial charge < -0.3 is 9.47 Å². The van der Waals surface area contributed by atoms with Crippen LogP contribution in [0.2, 0.25) is 0 Å². The van der Waals surface area contributed by atoms with Crippen LogP contribution in [0, 0.1) is 11.6 Å². The molecule has 1 rings (SSSR count). The molecule has 0 amide bonds. The molecule has 0 aliphatic rings. The van der Waals surface area contributed by atoms with Gasteiger partial charge in [-0.15, -0.1) is 0 Å². The van der Waals surface area contributed by atoms with E-state index in [4.69, 9.17) is 4.74 Å². The first kappa shape index (κ1) is 16.2. The molecule has 1 aromatic rings. The largest absolute Gasteiger partial charge is 0.490 e. The first-order chi connectivity index (χ1) is 8.79. The topological polar surface area (TPSA) is 18.5 Å². The predicted molar refractivity (Wildman–Crippen MR) is 61.0 cm³/mol. The molecule has 0 saturated heterocycles. The summed E-state index contributed by atoms with van der Waals surface area (Å²) in [5, 5.41) is 0. The summed E-state index contributed by atoms with van der Waals surface area (Å²) in [6, 6.07) is 2.17. The maximum absolute atomic E-state index is 13.2.